The van der Waals surface area contributed by atoms with E-state index in [1.807, 2.05) is 0 Å². The van der Waals surface area contributed by atoms with Gasteiger partial charge >= 0.3 is 0 Å². The molecule has 2 aliphatic heterocycles. The molecule has 0 unspecified atom stereocenters. The molecule has 2 heterocycles. The number of benzene rings is 2. The molecule has 0 spiro atoms. The minimum atomic E-state index is -3.62. The van der Waals surface area contributed by atoms with Gasteiger partial charge in [-0.25, -0.2) is 8.42 Å². The molecule has 0 aromatic heterocycles. The van der Waals surface area contributed by atoms with Crippen molar-refractivity contribution < 1.29 is 27.4 Å². The van der Waals surface area contributed by atoms with Crippen molar-refractivity contribution in [2.24, 2.45) is 5.92 Å². The quantitative estimate of drug-likeness (QED) is 0.781. The Morgan fingerprint density at radius 1 is 1.10 bits per heavy atom. The van der Waals surface area contributed by atoms with Gasteiger partial charge < -0.3 is 19.5 Å². The molecule has 0 bridgehead atoms. The van der Waals surface area contributed by atoms with Crippen LogP contribution in [0, 0.1) is 12.8 Å². The Bertz CT molecular complexity index is 1060. The van der Waals surface area contributed by atoms with E-state index in [1.165, 1.54) is 4.31 Å². The fourth-order valence-corrected chi connectivity index (χ4v) is 5.43. The van der Waals surface area contributed by atoms with Crippen LogP contribution in [0.3, 0.4) is 0 Å². The Hall–Kier alpha value is -2.78. The summed E-state index contributed by atoms with van der Waals surface area (Å²) in [6.45, 7) is 2.52. The third kappa shape index (κ3) is 3.95. The van der Waals surface area contributed by atoms with Gasteiger partial charge in [-0.1, -0.05) is 0 Å². The van der Waals surface area contributed by atoms with Crippen LogP contribution in [0.4, 0.5) is 5.69 Å². The van der Waals surface area contributed by atoms with E-state index in [0.29, 0.717) is 54.4 Å². The summed E-state index contributed by atoms with van der Waals surface area (Å²) in [6, 6.07) is 10.2. The highest BCUT2D eigenvalue weighted by molar-refractivity contribution is 7.89. The van der Waals surface area contributed by atoms with E-state index in [-0.39, 0.29) is 23.5 Å². The zero-order valence-electron chi connectivity index (χ0n) is 16.9. The second-order valence-corrected chi connectivity index (χ2v) is 9.27. The lowest BCUT2D eigenvalue weighted by Crippen LogP contribution is -2.41. The van der Waals surface area contributed by atoms with Crippen LogP contribution in [-0.2, 0) is 14.8 Å². The number of methoxy groups -OCH3 is 1. The minimum Gasteiger partial charge on any atom is -0.497 e. The molecule has 160 valence electrons. The standard InChI is InChI=1S/C21H24N2O6S/c1-14-11-17(27-2)4-6-20(14)30(25,26)23-9-7-15(8-10-23)21(24)22-16-3-5-18-19(12-16)29-13-28-18/h3-6,11-12,15H,7-10,13H2,1-2H3,(H,22,24). The number of nitrogens with one attached hydrogen (secondary N) is 1. The van der Waals surface area contributed by atoms with E-state index >= 15 is 0 Å². The number of hydrogen-bond donors (Lipinski definition) is 1. The highest BCUT2D eigenvalue weighted by atomic mass is 32.2. The first-order valence-corrected chi connectivity index (χ1v) is 11.2. The first-order valence-electron chi connectivity index (χ1n) is 9.74. The van der Waals surface area contributed by atoms with Crippen molar-refractivity contribution in [1.82, 2.24) is 4.31 Å². The average molecular weight is 432 g/mol. The number of fused-ring (bicyclic) bond motifs is 1. The monoisotopic (exact) mass is 432 g/mol. The van der Waals surface area contributed by atoms with Crippen molar-refractivity contribution in [3.05, 3.63) is 42.0 Å². The van der Waals surface area contributed by atoms with Crippen LogP contribution in [0.15, 0.2) is 41.3 Å². The number of hydrogen-bond acceptors (Lipinski definition) is 6. The fraction of sp³-hybridized carbons (Fsp3) is 0.381. The second-order valence-electron chi connectivity index (χ2n) is 7.37. The van der Waals surface area contributed by atoms with Crippen molar-refractivity contribution in [2.45, 2.75) is 24.7 Å². The predicted octanol–water partition coefficient (Wildman–Crippen LogP) is 2.77. The Balaban J connectivity index is 1.39. The lowest BCUT2D eigenvalue weighted by molar-refractivity contribution is -0.120. The van der Waals surface area contributed by atoms with Gasteiger partial charge in [-0.2, -0.15) is 4.31 Å². The molecule has 30 heavy (non-hydrogen) atoms. The Labute approximate surface area is 175 Å². The number of amides is 1. The van der Waals surface area contributed by atoms with Gasteiger partial charge in [0.25, 0.3) is 0 Å². The second kappa shape index (κ2) is 8.16. The van der Waals surface area contributed by atoms with E-state index < -0.39 is 10.0 Å². The van der Waals surface area contributed by atoms with Gasteiger partial charge in [0.15, 0.2) is 11.5 Å². The SMILES string of the molecule is COc1ccc(S(=O)(=O)N2CCC(C(=O)Nc3ccc4c(c3)OCO4)CC2)c(C)c1. The number of anilines is 1. The Morgan fingerprint density at radius 3 is 2.53 bits per heavy atom. The van der Waals surface area contributed by atoms with Crippen molar-refractivity contribution in [3.63, 3.8) is 0 Å². The van der Waals surface area contributed by atoms with Gasteiger partial charge in [-0.3, -0.25) is 4.79 Å². The molecule has 9 heteroatoms. The molecule has 1 amide bonds. The number of ether oxygens (including phenoxy) is 3. The normalized spacial score (nSPS) is 17.0. The van der Waals surface area contributed by atoms with Crippen molar-refractivity contribution in [1.29, 1.82) is 0 Å². The van der Waals surface area contributed by atoms with Crippen LogP contribution < -0.4 is 19.5 Å². The molecule has 2 aromatic rings. The molecule has 1 N–H and O–H groups in total. The molecular weight excluding hydrogens is 408 g/mol. The summed E-state index contributed by atoms with van der Waals surface area (Å²) >= 11 is 0. The topological polar surface area (TPSA) is 94.2 Å². The maximum atomic E-state index is 13.0. The maximum absolute atomic E-state index is 13.0. The number of aryl methyl sites for hydroxylation is 1. The summed E-state index contributed by atoms with van der Waals surface area (Å²) in [4.78, 5) is 12.9. The van der Waals surface area contributed by atoms with Crippen LogP contribution in [-0.4, -0.2) is 45.6 Å². The first kappa shape index (κ1) is 20.5. The average Bonchev–Trinajstić information content (AvgIpc) is 3.21. The number of carbonyl (C=O) groups is 1. The van der Waals surface area contributed by atoms with Gasteiger partial charge in [0.1, 0.15) is 5.75 Å². The molecule has 0 atom stereocenters. The molecule has 1 fully saturated rings. The molecule has 2 aromatic carbocycles. The van der Waals surface area contributed by atoms with Crippen LogP contribution in [0.1, 0.15) is 18.4 Å². The molecule has 1 saturated heterocycles. The largest absolute Gasteiger partial charge is 0.497 e. The molecule has 8 nitrogen and oxygen atoms in total. The van der Waals surface area contributed by atoms with Crippen LogP contribution in [0.25, 0.3) is 0 Å². The minimum absolute atomic E-state index is 0.119. The summed E-state index contributed by atoms with van der Waals surface area (Å²) in [6.07, 6.45) is 0.926. The zero-order chi connectivity index (χ0) is 21.3. The number of rotatable bonds is 5. The van der Waals surface area contributed by atoms with E-state index in [0.717, 1.165) is 0 Å². The lowest BCUT2D eigenvalue weighted by atomic mass is 9.97. The highest BCUT2D eigenvalue weighted by Crippen LogP contribution is 2.35. The summed E-state index contributed by atoms with van der Waals surface area (Å²) in [5.74, 6) is 1.50. The number of nitrogens with zero attached hydrogens (tertiary/aromatic N) is 1. The molecule has 0 radical (unpaired) electrons. The summed E-state index contributed by atoms with van der Waals surface area (Å²) in [5, 5.41) is 2.89. The van der Waals surface area contributed by atoms with Crippen LogP contribution in [0.2, 0.25) is 0 Å². The van der Waals surface area contributed by atoms with Gasteiger partial charge in [0.05, 0.1) is 12.0 Å². The van der Waals surface area contributed by atoms with Crippen LogP contribution in [0.5, 0.6) is 17.2 Å². The molecule has 0 aliphatic carbocycles. The number of piperidine rings is 1. The van der Waals surface area contributed by atoms with Gasteiger partial charge in [0.2, 0.25) is 22.7 Å². The van der Waals surface area contributed by atoms with Crippen molar-refractivity contribution in [3.8, 4) is 17.2 Å². The van der Waals surface area contributed by atoms with E-state index in [9.17, 15) is 13.2 Å². The van der Waals surface area contributed by atoms with Gasteiger partial charge in [0, 0.05) is 30.8 Å². The molecular formula is C21H24N2O6S. The molecule has 2 aliphatic rings. The third-order valence-electron chi connectivity index (χ3n) is 5.46. The first-order chi connectivity index (χ1) is 14.4. The molecule has 4 rings (SSSR count). The van der Waals surface area contributed by atoms with Gasteiger partial charge in [-0.05, 0) is 55.7 Å². The van der Waals surface area contributed by atoms with E-state index in [4.69, 9.17) is 14.2 Å². The zero-order valence-corrected chi connectivity index (χ0v) is 17.7. The lowest BCUT2D eigenvalue weighted by Gasteiger charge is -2.31. The highest BCUT2D eigenvalue weighted by Gasteiger charge is 2.33. The van der Waals surface area contributed by atoms with Crippen LogP contribution >= 0.6 is 0 Å². The third-order valence-corrected chi connectivity index (χ3v) is 7.52. The smallest absolute Gasteiger partial charge is 0.243 e. The fourth-order valence-electron chi connectivity index (χ4n) is 3.75. The van der Waals surface area contributed by atoms with Gasteiger partial charge in [-0.15, -0.1) is 0 Å². The van der Waals surface area contributed by atoms with E-state index in [1.54, 1.807) is 50.4 Å². The van der Waals surface area contributed by atoms with E-state index in [2.05, 4.69) is 5.32 Å². The summed E-state index contributed by atoms with van der Waals surface area (Å²) in [5.41, 5.74) is 1.27. The summed E-state index contributed by atoms with van der Waals surface area (Å²) in [7, 11) is -2.07. The predicted molar refractivity (Wildman–Crippen MR) is 110 cm³/mol. The summed E-state index contributed by atoms with van der Waals surface area (Å²) < 4.78 is 43.3. The van der Waals surface area contributed by atoms with Crippen molar-refractivity contribution in [2.75, 3.05) is 32.3 Å². The van der Waals surface area contributed by atoms with Crippen molar-refractivity contribution >= 4 is 21.6 Å². The molecule has 0 saturated carbocycles. The maximum Gasteiger partial charge on any atom is 0.243 e. The number of carbonyl (C=O) groups excluding carboxylic acids is 1. The Kier molecular flexibility index (Phi) is 5.57. The number of sulfonamides is 1. The Morgan fingerprint density at radius 2 is 1.83 bits per heavy atom.